The van der Waals surface area contributed by atoms with E-state index < -0.39 is 5.91 Å². The van der Waals surface area contributed by atoms with Crippen molar-refractivity contribution in [2.75, 3.05) is 5.32 Å². The highest BCUT2D eigenvalue weighted by atomic mass is 16.1. The molecule has 0 atom stereocenters. The lowest BCUT2D eigenvalue weighted by Gasteiger charge is -2.07. The van der Waals surface area contributed by atoms with Crippen molar-refractivity contribution in [1.29, 1.82) is 0 Å². The van der Waals surface area contributed by atoms with Gasteiger partial charge in [0.1, 0.15) is 0 Å². The number of rotatable bonds is 5. The minimum absolute atomic E-state index is 0.0509. The maximum absolute atomic E-state index is 12.0. The number of carbonyl (C=O) groups excluding carboxylic acids is 2. The van der Waals surface area contributed by atoms with E-state index in [2.05, 4.69) is 37.4 Å². The molecule has 0 unspecified atom stereocenters. The zero-order valence-corrected chi connectivity index (χ0v) is 12.8. The average molecular weight is 296 g/mol. The number of primary amides is 1. The Hall–Kier alpha value is -2.62. The monoisotopic (exact) mass is 296 g/mol. The summed E-state index contributed by atoms with van der Waals surface area (Å²) in [4.78, 5) is 22.9. The Morgan fingerprint density at radius 3 is 2.27 bits per heavy atom. The van der Waals surface area contributed by atoms with Crippen molar-refractivity contribution >= 4 is 17.5 Å². The molecule has 0 radical (unpaired) electrons. The van der Waals surface area contributed by atoms with Gasteiger partial charge >= 0.3 is 0 Å². The highest BCUT2D eigenvalue weighted by molar-refractivity contribution is 5.94. The Balaban J connectivity index is 1.89. The summed E-state index contributed by atoms with van der Waals surface area (Å²) in [6.45, 7) is 4.14. The molecule has 0 aliphatic heterocycles. The maximum atomic E-state index is 12.0. The molecular weight excluding hydrogens is 276 g/mol. The second-order valence-electron chi connectivity index (χ2n) is 5.41. The molecule has 0 spiro atoms. The second-order valence-corrected chi connectivity index (χ2v) is 5.41. The minimum atomic E-state index is -0.479. The van der Waals surface area contributed by atoms with Gasteiger partial charge in [-0.05, 0) is 61.2 Å². The van der Waals surface area contributed by atoms with Crippen LogP contribution >= 0.6 is 0 Å². The van der Waals surface area contributed by atoms with E-state index in [1.54, 1.807) is 24.3 Å². The maximum Gasteiger partial charge on any atom is 0.248 e. The number of anilines is 1. The van der Waals surface area contributed by atoms with Gasteiger partial charge in [-0.1, -0.05) is 18.2 Å². The largest absolute Gasteiger partial charge is 0.366 e. The fourth-order valence-electron chi connectivity index (χ4n) is 2.16. The lowest BCUT2D eigenvalue weighted by molar-refractivity contribution is -0.116. The molecule has 2 aromatic carbocycles. The van der Waals surface area contributed by atoms with E-state index in [0.717, 1.165) is 5.56 Å². The van der Waals surface area contributed by atoms with Crippen LogP contribution < -0.4 is 11.1 Å². The first-order valence-electron chi connectivity index (χ1n) is 7.21. The molecule has 0 heterocycles. The summed E-state index contributed by atoms with van der Waals surface area (Å²) in [6, 6.07) is 12.8. The molecule has 2 amide bonds. The van der Waals surface area contributed by atoms with Gasteiger partial charge in [-0.3, -0.25) is 9.59 Å². The van der Waals surface area contributed by atoms with Crippen LogP contribution in [-0.4, -0.2) is 11.8 Å². The molecule has 4 heteroatoms. The van der Waals surface area contributed by atoms with E-state index in [1.807, 2.05) is 0 Å². The van der Waals surface area contributed by atoms with Crippen molar-refractivity contribution in [3.05, 3.63) is 64.7 Å². The number of amides is 2. The van der Waals surface area contributed by atoms with Crippen LogP contribution in [0.15, 0.2) is 42.5 Å². The van der Waals surface area contributed by atoms with Crippen molar-refractivity contribution in [2.24, 2.45) is 5.73 Å². The fourth-order valence-corrected chi connectivity index (χ4v) is 2.16. The van der Waals surface area contributed by atoms with Gasteiger partial charge in [0.15, 0.2) is 0 Å². The lowest BCUT2D eigenvalue weighted by Crippen LogP contribution is -2.13. The molecule has 2 rings (SSSR count). The summed E-state index contributed by atoms with van der Waals surface area (Å²) < 4.78 is 0. The van der Waals surface area contributed by atoms with Gasteiger partial charge in [-0.25, -0.2) is 0 Å². The molecule has 0 aliphatic rings. The standard InChI is InChI=1S/C18H20N2O2/c1-12-3-4-14(11-13(12)2)5-10-17(21)20-16-8-6-15(7-9-16)18(19)22/h3-4,6-9,11H,5,10H2,1-2H3,(H2,19,22)(H,20,21). The summed E-state index contributed by atoms with van der Waals surface area (Å²) in [5, 5.41) is 2.81. The van der Waals surface area contributed by atoms with E-state index in [4.69, 9.17) is 5.73 Å². The van der Waals surface area contributed by atoms with Crippen molar-refractivity contribution < 1.29 is 9.59 Å². The topological polar surface area (TPSA) is 72.2 Å². The number of benzene rings is 2. The quantitative estimate of drug-likeness (QED) is 0.890. The van der Waals surface area contributed by atoms with Crippen molar-refractivity contribution in [3.63, 3.8) is 0 Å². The third kappa shape index (κ3) is 4.19. The summed E-state index contributed by atoms with van der Waals surface area (Å²) in [5.74, 6) is -0.530. The summed E-state index contributed by atoms with van der Waals surface area (Å²) in [5.41, 5.74) is 9.90. The van der Waals surface area contributed by atoms with Crippen LogP contribution in [0.4, 0.5) is 5.69 Å². The first-order valence-corrected chi connectivity index (χ1v) is 7.21. The molecule has 0 aliphatic carbocycles. The number of nitrogens with one attached hydrogen (secondary N) is 1. The number of hydrogen-bond acceptors (Lipinski definition) is 2. The summed E-state index contributed by atoms with van der Waals surface area (Å²) in [7, 11) is 0. The summed E-state index contributed by atoms with van der Waals surface area (Å²) >= 11 is 0. The van der Waals surface area contributed by atoms with Crippen molar-refractivity contribution in [2.45, 2.75) is 26.7 Å². The summed E-state index contributed by atoms with van der Waals surface area (Å²) in [6.07, 6.45) is 1.12. The van der Waals surface area contributed by atoms with Gasteiger partial charge in [-0.2, -0.15) is 0 Å². The van der Waals surface area contributed by atoms with Gasteiger partial charge in [0.05, 0.1) is 0 Å². The Kier molecular flexibility index (Phi) is 4.94. The third-order valence-electron chi connectivity index (χ3n) is 3.67. The van der Waals surface area contributed by atoms with E-state index in [1.165, 1.54) is 11.1 Å². The van der Waals surface area contributed by atoms with Crippen LogP contribution in [-0.2, 0) is 11.2 Å². The minimum Gasteiger partial charge on any atom is -0.366 e. The first kappa shape index (κ1) is 15.8. The second kappa shape index (κ2) is 6.89. The van der Waals surface area contributed by atoms with E-state index in [9.17, 15) is 9.59 Å². The molecule has 4 nitrogen and oxygen atoms in total. The zero-order valence-electron chi connectivity index (χ0n) is 12.8. The van der Waals surface area contributed by atoms with Gasteiger partial charge in [0, 0.05) is 17.7 Å². The van der Waals surface area contributed by atoms with Gasteiger partial charge < -0.3 is 11.1 Å². The normalized spacial score (nSPS) is 10.3. The molecule has 3 N–H and O–H groups in total. The molecule has 22 heavy (non-hydrogen) atoms. The van der Waals surface area contributed by atoms with Crippen LogP contribution in [0.1, 0.15) is 33.5 Å². The molecule has 0 bridgehead atoms. The van der Waals surface area contributed by atoms with E-state index in [-0.39, 0.29) is 5.91 Å². The van der Waals surface area contributed by atoms with Crippen LogP contribution in [0.25, 0.3) is 0 Å². The van der Waals surface area contributed by atoms with Crippen LogP contribution in [0.5, 0.6) is 0 Å². The molecule has 2 aromatic rings. The number of nitrogens with two attached hydrogens (primary N) is 1. The fraction of sp³-hybridized carbons (Fsp3) is 0.222. The molecule has 0 saturated carbocycles. The Bertz CT molecular complexity index is 691. The van der Waals surface area contributed by atoms with Gasteiger partial charge in [0.2, 0.25) is 11.8 Å². The highest BCUT2D eigenvalue weighted by Crippen LogP contribution is 2.13. The van der Waals surface area contributed by atoms with Gasteiger partial charge in [0.25, 0.3) is 0 Å². The SMILES string of the molecule is Cc1ccc(CCC(=O)Nc2ccc(C(N)=O)cc2)cc1C. The lowest BCUT2D eigenvalue weighted by atomic mass is 10.0. The number of hydrogen-bond donors (Lipinski definition) is 2. The third-order valence-corrected chi connectivity index (χ3v) is 3.67. The molecule has 0 aromatic heterocycles. The Morgan fingerprint density at radius 2 is 1.68 bits per heavy atom. The molecule has 114 valence electrons. The highest BCUT2D eigenvalue weighted by Gasteiger charge is 2.05. The molecule has 0 fully saturated rings. The molecule has 0 saturated heterocycles. The van der Waals surface area contributed by atoms with Crippen molar-refractivity contribution in [3.8, 4) is 0 Å². The zero-order chi connectivity index (χ0) is 16.1. The Morgan fingerprint density at radius 1 is 1.00 bits per heavy atom. The first-order chi connectivity index (χ1) is 10.5. The Labute approximate surface area is 130 Å². The van der Waals surface area contributed by atoms with Gasteiger partial charge in [-0.15, -0.1) is 0 Å². The van der Waals surface area contributed by atoms with Crippen LogP contribution in [0, 0.1) is 13.8 Å². The number of aryl methyl sites for hydroxylation is 3. The van der Waals surface area contributed by atoms with Crippen LogP contribution in [0.2, 0.25) is 0 Å². The smallest absolute Gasteiger partial charge is 0.248 e. The number of carbonyl (C=O) groups is 2. The average Bonchev–Trinajstić information content (AvgIpc) is 2.49. The van der Waals surface area contributed by atoms with E-state index in [0.29, 0.717) is 24.1 Å². The van der Waals surface area contributed by atoms with Crippen LogP contribution in [0.3, 0.4) is 0 Å². The van der Waals surface area contributed by atoms with Crippen molar-refractivity contribution in [1.82, 2.24) is 0 Å². The predicted molar refractivity (Wildman–Crippen MR) is 87.8 cm³/mol. The van der Waals surface area contributed by atoms with E-state index >= 15 is 0 Å². The predicted octanol–water partition coefficient (Wildman–Crippen LogP) is 2.97. The molecular formula is C18H20N2O2.